The van der Waals surface area contributed by atoms with Crippen molar-refractivity contribution < 1.29 is 9.90 Å². The van der Waals surface area contributed by atoms with Gasteiger partial charge in [0.15, 0.2) is 5.78 Å². The number of aliphatic hydroxyl groups is 1. The molecule has 1 aliphatic rings. The number of carbonyl (C=O) groups is 1. The highest BCUT2D eigenvalue weighted by atomic mass is 16.3. The van der Waals surface area contributed by atoms with E-state index in [1.54, 1.807) is 0 Å². The summed E-state index contributed by atoms with van der Waals surface area (Å²) < 4.78 is 0. The summed E-state index contributed by atoms with van der Waals surface area (Å²) in [7, 11) is 0. The lowest BCUT2D eigenvalue weighted by atomic mass is 9.99. The van der Waals surface area contributed by atoms with Gasteiger partial charge in [0.25, 0.3) is 0 Å². The topological polar surface area (TPSA) is 49.3 Å². The zero-order chi connectivity index (χ0) is 15.8. The molecule has 2 rings (SSSR count). The standard InChI is InChI=1S/C19H29NO2/c1-2-3-4-5-6-7-8-15-9-11-16(12-10-15)19(22)18-13-17(21)14-20-18/h9-12,17-18,20-21H,2-8,13-14H2,1H3/t17-,18+/m0/s1. The minimum Gasteiger partial charge on any atom is -0.392 e. The number of carbonyl (C=O) groups excluding carboxylic acids is 1. The molecule has 1 heterocycles. The number of hydrogen-bond donors (Lipinski definition) is 2. The number of benzene rings is 1. The number of ketones is 1. The first-order valence-corrected chi connectivity index (χ1v) is 8.75. The fourth-order valence-electron chi connectivity index (χ4n) is 3.06. The van der Waals surface area contributed by atoms with Gasteiger partial charge in [-0.2, -0.15) is 0 Å². The fraction of sp³-hybridized carbons (Fsp3) is 0.632. The van der Waals surface area contributed by atoms with Gasteiger partial charge in [-0.15, -0.1) is 0 Å². The van der Waals surface area contributed by atoms with E-state index in [1.165, 1.54) is 44.1 Å². The van der Waals surface area contributed by atoms with Crippen LogP contribution in [0.15, 0.2) is 24.3 Å². The summed E-state index contributed by atoms with van der Waals surface area (Å²) in [5.41, 5.74) is 2.06. The summed E-state index contributed by atoms with van der Waals surface area (Å²) in [4.78, 5) is 12.3. The normalized spacial score (nSPS) is 21.2. The molecule has 122 valence electrons. The van der Waals surface area contributed by atoms with Crippen LogP contribution in [0.5, 0.6) is 0 Å². The molecule has 0 bridgehead atoms. The van der Waals surface area contributed by atoms with E-state index in [-0.39, 0.29) is 17.9 Å². The Bertz CT molecular complexity index is 455. The molecule has 0 aliphatic carbocycles. The fourth-order valence-corrected chi connectivity index (χ4v) is 3.06. The van der Waals surface area contributed by atoms with Gasteiger partial charge in [-0.25, -0.2) is 0 Å². The van der Waals surface area contributed by atoms with Crippen molar-refractivity contribution in [3.63, 3.8) is 0 Å². The van der Waals surface area contributed by atoms with Gasteiger partial charge in [-0.3, -0.25) is 4.79 Å². The first kappa shape index (κ1) is 17.2. The van der Waals surface area contributed by atoms with Crippen LogP contribution >= 0.6 is 0 Å². The maximum atomic E-state index is 12.3. The van der Waals surface area contributed by atoms with E-state index >= 15 is 0 Å². The SMILES string of the molecule is CCCCCCCCc1ccc(C(=O)[C@H]2C[C@H](O)CN2)cc1. The first-order chi connectivity index (χ1) is 10.7. The molecule has 0 radical (unpaired) electrons. The van der Waals surface area contributed by atoms with E-state index in [4.69, 9.17) is 0 Å². The van der Waals surface area contributed by atoms with Crippen LogP contribution < -0.4 is 5.32 Å². The molecule has 0 saturated carbocycles. The van der Waals surface area contributed by atoms with Gasteiger partial charge in [-0.05, 0) is 24.8 Å². The molecule has 3 nitrogen and oxygen atoms in total. The van der Waals surface area contributed by atoms with E-state index in [1.807, 2.05) is 12.1 Å². The van der Waals surface area contributed by atoms with Gasteiger partial charge in [0.2, 0.25) is 0 Å². The Labute approximate surface area is 134 Å². The van der Waals surface area contributed by atoms with E-state index in [9.17, 15) is 9.90 Å². The van der Waals surface area contributed by atoms with Crippen LogP contribution in [0.1, 0.15) is 67.8 Å². The summed E-state index contributed by atoms with van der Waals surface area (Å²) in [6.45, 7) is 2.76. The molecule has 2 N–H and O–H groups in total. The van der Waals surface area contributed by atoms with Crippen molar-refractivity contribution in [1.82, 2.24) is 5.32 Å². The van der Waals surface area contributed by atoms with Gasteiger partial charge in [0.1, 0.15) is 0 Å². The van der Waals surface area contributed by atoms with Crippen molar-refractivity contribution in [3.8, 4) is 0 Å². The number of aryl methyl sites for hydroxylation is 1. The van der Waals surface area contributed by atoms with Crippen LogP contribution in [0.4, 0.5) is 0 Å². The van der Waals surface area contributed by atoms with Crippen LogP contribution in [0.3, 0.4) is 0 Å². The number of Topliss-reactive ketones (excluding diaryl/α,β-unsaturated/α-hetero) is 1. The van der Waals surface area contributed by atoms with Crippen molar-refractivity contribution in [2.24, 2.45) is 0 Å². The van der Waals surface area contributed by atoms with E-state index in [0.29, 0.717) is 13.0 Å². The number of unbranched alkanes of at least 4 members (excludes halogenated alkanes) is 5. The third-order valence-corrected chi connectivity index (χ3v) is 4.48. The Morgan fingerprint density at radius 3 is 2.45 bits per heavy atom. The zero-order valence-corrected chi connectivity index (χ0v) is 13.7. The predicted molar refractivity (Wildman–Crippen MR) is 90.3 cm³/mol. The predicted octanol–water partition coefficient (Wildman–Crippen LogP) is 3.50. The largest absolute Gasteiger partial charge is 0.392 e. The van der Waals surface area contributed by atoms with Crippen LogP contribution in [0.25, 0.3) is 0 Å². The molecule has 1 aromatic rings. The highest BCUT2D eigenvalue weighted by Crippen LogP contribution is 2.15. The van der Waals surface area contributed by atoms with Crippen molar-refractivity contribution in [3.05, 3.63) is 35.4 Å². The quantitative estimate of drug-likeness (QED) is 0.542. The molecule has 1 aliphatic heterocycles. The molecule has 0 unspecified atom stereocenters. The average molecular weight is 303 g/mol. The molecule has 1 fully saturated rings. The second-order valence-corrected chi connectivity index (χ2v) is 6.43. The van der Waals surface area contributed by atoms with Crippen molar-refractivity contribution >= 4 is 5.78 Å². The van der Waals surface area contributed by atoms with Crippen molar-refractivity contribution in [2.45, 2.75) is 70.4 Å². The molecular formula is C19H29NO2. The van der Waals surface area contributed by atoms with Crippen LogP contribution in [0.2, 0.25) is 0 Å². The minimum atomic E-state index is -0.388. The maximum Gasteiger partial charge on any atom is 0.179 e. The Hall–Kier alpha value is -1.19. The monoisotopic (exact) mass is 303 g/mol. The molecular weight excluding hydrogens is 274 g/mol. The second kappa shape index (κ2) is 9.06. The Morgan fingerprint density at radius 1 is 1.14 bits per heavy atom. The molecule has 0 amide bonds. The number of hydrogen-bond acceptors (Lipinski definition) is 3. The average Bonchev–Trinajstić information content (AvgIpc) is 2.97. The third-order valence-electron chi connectivity index (χ3n) is 4.48. The third kappa shape index (κ3) is 5.22. The van der Waals surface area contributed by atoms with E-state index < -0.39 is 0 Å². The summed E-state index contributed by atoms with van der Waals surface area (Å²) in [5, 5.41) is 12.6. The molecule has 0 spiro atoms. The summed E-state index contributed by atoms with van der Waals surface area (Å²) in [5.74, 6) is 0.0997. The van der Waals surface area contributed by atoms with Gasteiger partial charge < -0.3 is 10.4 Å². The summed E-state index contributed by atoms with van der Waals surface area (Å²) in [6, 6.07) is 7.79. The number of nitrogens with one attached hydrogen (secondary N) is 1. The lowest BCUT2D eigenvalue weighted by molar-refractivity contribution is 0.0942. The molecule has 2 atom stereocenters. The number of aliphatic hydroxyl groups excluding tert-OH is 1. The van der Waals surface area contributed by atoms with Crippen LogP contribution in [0, 0.1) is 0 Å². The number of rotatable bonds is 9. The Balaban J connectivity index is 1.74. The molecule has 1 aromatic carbocycles. The molecule has 3 heteroatoms. The van der Waals surface area contributed by atoms with Crippen LogP contribution in [-0.2, 0) is 6.42 Å². The van der Waals surface area contributed by atoms with E-state index in [2.05, 4.69) is 24.4 Å². The van der Waals surface area contributed by atoms with Gasteiger partial charge in [0.05, 0.1) is 12.1 Å². The van der Waals surface area contributed by atoms with Crippen LogP contribution in [-0.4, -0.2) is 29.6 Å². The second-order valence-electron chi connectivity index (χ2n) is 6.43. The molecule has 22 heavy (non-hydrogen) atoms. The molecule has 1 saturated heterocycles. The Morgan fingerprint density at radius 2 is 1.82 bits per heavy atom. The maximum absolute atomic E-state index is 12.3. The molecule has 0 aromatic heterocycles. The summed E-state index contributed by atoms with van der Waals surface area (Å²) >= 11 is 0. The van der Waals surface area contributed by atoms with Gasteiger partial charge >= 0.3 is 0 Å². The van der Waals surface area contributed by atoms with Gasteiger partial charge in [0, 0.05) is 12.1 Å². The number of β-amino-alcohol motifs (C(OH)–C–C–N with tert-alkyl or cyclic N) is 1. The summed E-state index contributed by atoms with van der Waals surface area (Å²) in [6.07, 6.45) is 9.09. The smallest absolute Gasteiger partial charge is 0.179 e. The Kier molecular flexibility index (Phi) is 7.07. The lowest BCUT2D eigenvalue weighted by Gasteiger charge is -2.09. The lowest BCUT2D eigenvalue weighted by Crippen LogP contribution is -2.30. The van der Waals surface area contributed by atoms with E-state index in [0.717, 1.165) is 12.0 Å². The van der Waals surface area contributed by atoms with Gasteiger partial charge in [-0.1, -0.05) is 63.3 Å². The zero-order valence-electron chi connectivity index (χ0n) is 13.7. The highest BCUT2D eigenvalue weighted by Gasteiger charge is 2.28. The first-order valence-electron chi connectivity index (χ1n) is 8.75. The van der Waals surface area contributed by atoms with Crippen molar-refractivity contribution in [1.29, 1.82) is 0 Å². The minimum absolute atomic E-state index is 0.0997. The van der Waals surface area contributed by atoms with Crippen molar-refractivity contribution in [2.75, 3.05) is 6.54 Å². The highest BCUT2D eigenvalue weighted by molar-refractivity contribution is 6.00.